The molecule has 8 heteroatoms. The Labute approximate surface area is 206 Å². The molecule has 8 nitrogen and oxygen atoms in total. The Morgan fingerprint density at radius 1 is 1.06 bits per heavy atom. The van der Waals surface area contributed by atoms with E-state index in [1.165, 1.54) is 12.0 Å². The van der Waals surface area contributed by atoms with Crippen LogP contribution in [0.25, 0.3) is 5.76 Å². The van der Waals surface area contributed by atoms with Crippen molar-refractivity contribution in [2.24, 2.45) is 0 Å². The van der Waals surface area contributed by atoms with Crippen LogP contribution in [0.5, 0.6) is 17.2 Å². The van der Waals surface area contributed by atoms with E-state index in [4.69, 9.17) is 18.9 Å². The third-order valence-corrected chi connectivity index (χ3v) is 5.68. The molecule has 1 N–H and O–H groups in total. The molecule has 0 radical (unpaired) electrons. The minimum atomic E-state index is -0.801. The summed E-state index contributed by atoms with van der Waals surface area (Å²) in [7, 11) is 3.06. The molecule has 1 aliphatic rings. The Kier molecular flexibility index (Phi) is 8.76. The first-order valence-corrected chi connectivity index (χ1v) is 11.7. The van der Waals surface area contributed by atoms with Crippen LogP contribution in [0, 0.1) is 0 Å². The van der Waals surface area contributed by atoms with Crippen molar-refractivity contribution in [3.63, 3.8) is 0 Å². The second kappa shape index (κ2) is 11.8. The molecule has 0 bridgehead atoms. The third-order valence-electron chi connectivity index (χ3n) is 5.68. The smallest absolute Gasteiger partial charge is 0.295 e. The summed E-state index contributed by atoms with van der Waals surface area (Å²) in [5.41, 5.74) is 1.03. The van der Waals surface area contributed by atoms with Gasteiger partial charge in [0.2, 0.25) is 0 Å². The highest BCUT2D eigenvalue weighted by molar-refractivity contribution is 6.46. The first-order chi connectivity index (χ1) is 16.8. The van der Waals surface area contributed by atoms with Crippen LogP contribution >= 0.6 is 0 Å². The second-order valence-electron chi connectivity index (χ2n) is 8.34. The summed E-state index contributed by atoms with van der Waals surface area (Å²) in [6.07, 6.45) is 0.597. The highest BCUT2D eigenvalue weighted by atomic mass is 16.5. The van der Waals surface area contributed by atoms with Gasteiger partial charge >= 0.3 is 0 Å². The van der Waals surface area contributed by atoms with Gasteiger partial charge in [0.1, 0.15) is 11.5 Å². The summed E-state index contributed by atoms with van der Waals surface area (Å²) in [6, 6.07) is 11.2. The maximum Gasteiger partial charge on any atom is 0.295 e. The van der Waals surface area contributed by atoms with E-state index in [0.29, 0.717) is 48.0 Å². The van der Waals surface area contributed by atoms with Crippen molar-refractivity contribution < 1.29 is 33.6 Å². The van der Waals surface area contributed by atoms with Crippen molar-refractivity contribution >= 4 is 17.4 Å². The zero-order valence-electron chi connectivity index (χ0n) is 20.9. The largest absolute Gasteiger partial charge is 0.507 e. The lowest BCUT2D eigenvalue weighted by molar-refractivity contribution is -0.140. The molecule has 2 aromatic carbocycles. The summed E-state index contributed by atoms with van der Waals surface area (Å²) in [4.78, 5) is 27.8. The van der Waals surface area contributed by atoms with Gasteiger partial charge in [0.05, 0.1) is 38.5 Å². The molecule has 0 spiro atoms. The molecule has 188 valence electrons. The number of hydrogen-bond donors (Lipinski definition) is 1. The molecule has 1 aliphatic heterocycles. The molecule has 2 aromatic rings. The van der Waals surface area contributed by atoms with Gasteiger partial charge in [-0.1, -0.05) is 18.2 Å². The summed E-state index contributed by atoms with van der Waals surface area (Å²) in [5, 5.41) is 11.2. The van der Waals surface area contributed by atoms with Gasteiger partial charge in [-0.25, -0.2) is 0 Å². The normalized spacial score (nSPS) is 17.2. The number of ether oxygens (including phenoxy) is 4. The average molecular weight is 484 g/mol. The number of methoxy groups -OCH3 is 2. The van der Waals surface area contributed by atoms with Gasteiger partial charge in [-0.15, -0.1) is 0 Å². The zero-order valence-corrected chi connectivity index (χ0v) is 20.9. The van der Waals surface area contributed by atoms with Gasteiger partial charge in [0.15, 0.2) is 11.5 Å². The van der Waals surface area contributed by atoms with Crippen LogP contribution in [0.2, 0.25) is 0 Å². The Balaban J connectivity index is 2.11. The molecule has 1 unspecified atom stereocenters. The van der Waals surface area contributed by atoms with Crippen LogP contribution in [-0.4, -0.2) is 61.8 Å². The van der Waals surface area contributed by atoms with Gasteiger partial charge in [-0.05, 0) is 57.0 Å². The second-order valence-corrected chi connectivity index (χ2v) is 8.34. The van der Waals surface area contributed by atoms with Crippen molar-refractivity contribution in [3.8, 4) is 17.2 Å². The van der Waals surface area contributed by atoms with E-state index in [1.807, 2.05) is 20.8 Å². The number of rotatable bonds is 11. The summed E-state index contributed by atoms with van der Waals surface area (Å²) >= 11 is 0. The van der Waals surface area contributed by atoms with Gasteiger partial charge in [0, 0.05) is 18.7 Å². The first-order valence-electron chi connectivity index (χ1n) is 11.7. The number of carbonyl (C=O) groups excluding carboxylic acids is 2. The molecule has 1 atom stereocenters. The molecule has 1 heterocycles. The number of likely N-dealkylation sites (tertiary alicyclic amines) is 1. The van der Waals surface area contributed by atoms with Crippen LogP contribution in [0.4, 0.5) is 0 Å². The molecule has 1 amide bonds. The first kappa shape index (κ1) is 26.1. The molecule has 1 saturated heterocycles. The third kappa shape index (κ3) is 5.77. The van der Waals surface area contributed by atoms with E-state index in [2.05, 4.69) is 0 Å². The predicted molar refractivity (Wildman–Crippen MR) is 132 cm³/mol. The number of aliphatic hydroxyl groups is 1. The van der Waals surface area contributed by atoms with Crippen LogP contribution < -0.4 is 14.2 Å². The van der Waals surface area contributed by atoms with Crippen molar-refractivity contribution in [1.29, 1.82) is 0 Å². The minimum absolute atomic E-state index is 0.0145. The lowest BCUT2D eigenvalue weighted by Gasteiger charge is -2.26. The summed E-state index contributed by atoms with van der Waals surface area (Å²) in [6.45, 7) is 6.87. The molecule has 0 saturated carbocycles. The molecule has 3 rings (SSSR count). The molecule has 0 aromatic heterocycles. The van der Waals surface area contributed by atoms with E-state index in [-0.39, 0.29) is 24.0 Å². The fourth-order valence-electron chi connectivity index (χ4n) is 4.07. The molecule has 35 heavy (non-hydrogen) atoms. The van der Waals surface area contributed by atoms with Crippen LogP contribution in [-0.2, 0) is 14.3 Å². The van der Waals surface area contributed by atoms with E-state index in [1.54, 1.807) is 49.6 Å². The lowest BCUT2D eigenvalue weighted by atomic mass is 9.95. The topological polar surface area (TPSA) is 94.5 Å². The van der Waals surface area contributed by atoms with Crippen molar-refractivity contribution in [3.05, 3.63) is 59.2 Å². The van der Waals surface area contributed by atoms with Crippen LogP contribution in [0.15, 0.2) is 48.0 Å². The van der Waals surface area contributed by atoms with E-state index >= 15 is 0 Å². The number of Topliss-reactive ketones (excluding diaryl/α,β-unsaturated/α-hetero) is 1. The number of carbonyl (C=O) groups is 2. The van der Waals surface area contributed by atoms with Crippen LogP contribution in [0.3, 0.4) is 0 Å². The number of amides is 1. The van der Waals surface area contributed by atoms with Crippen molar-refractivity contribution in [2.45, 2.75) is 39.3 Å². The highest BCUT2D eigenvalue weighted by Gasteiger charge is 2.46. The van der Waals surface area contributed by atoms with Crippen LogP contribution in [0.1, 0.15) is 44.4 Å². The van der Waals surface area contributed by atoms with E-state index in [9.17, 15) is 14.7 Å². The maximum absolute atomic E-state index is 13.2. The van der Waals surface area contributed by atoms with Gasteiger partial charge in [-0.3, -0.25) is 9.59 Å². The molecular formula is C27H33NO7. The number of hydrogen-bond acceptors (Lipinski definition) is 7. The Bertz CT molecular complexity index is 1090. The zero-order chi connectivity index (χ0) is 25.5. The average Bonchev–Trinajstić information content (AvgIpc) is 3.11. The number of ketones is 1. The van der Waals surface area contributed by atoms with Gasteiger partial charge < -0.3 is 29.0 Å². The molecule has 0 aliphatic carbocycles. The highest BCUT2D eigenvalue weighted by Crippen LogP contribution is 2.42. The monoisotopic (exact) mass is 483 g/mol. The standard InChI is InChI=1S/C27H33NO7/c1-6-34-22-16-18(11-12-21(22)33-5)24-23(25(29)19-9-7-10-20(15-19)32-4)26(30)27(31)28(24)13-8-14-35-17(2)3/h7,9-12,15-17,24,29H,6,8,13-14H2,1-5H3/b25-23-. The SMILES string of the molecule is CCOc1cc(C2/C(=C(/O)c3cccc(OC)c3)C(=O)C(=O)N2CCCOC(C)C)ccc1OC. The quantitative estimate of drug-likeness (QED) is 0.220. The Hall–Kier alpha value is -3.52. The minimum Gasteiger partial charge on any atom is -0.507 e. The fourth-order valence-corrected chi connectivity index (χ4v) is 4.07. The lowest BCUT2D eigenvalue weighted by Crippen LogP contribution is -2.31. The maximum atomic E-state index is 13.2. The van der Waals surface area contributed by atoms with Gasteiger partial charge in [0.25, 0.3) is 11.7 Å². The van der Waals surface area contributed by atoms with Crippen molar-refractivity contribution in [2.75, 3.05) is 34.0 Å². The molecule has 1 fully saturated rings. The Morgan fingerprint density at radius 3 is 2.49 bits per heavy atom. The van der Waals surface area contributed by atoms with E-state index in [0.717, 1.165) is 0 Å². The summed E-state index contributed by atoms with van der Waals surface area (Å²) < 4.78 is 22.0. The summed E-state index contributed by atoms with van der Waals surface area (Å²) in [5.74, 6) is -0.129. The van der Waals surface area contributed by atoms with Gasteiger partial charge in [-0.2, -0.15) is 0 Å². The van der Waals surface area contributed by atoms with Crippen molar-refractivity contribution in [1.82, 2.24) is 4.90 Å². The fraction of sp³-hybridized carbons (Fsp3) is 0.407. The Morgan fingerprint density at radius 2 is 1.83 bits per heavy atom. The number of aliphatic hydroxyl groups excluding tert-OH is 1. The number of nitrogens with zero attached hydrogens (tertiary/aromatic N) is 1. The predicted octanol–water partition coefficient (Wildman–Crippen LogP) is 4.34. The van der Waals surface area contributed by atoms with E-state index < -0.39 is 17.7 Å². The number of benzene rings is 2. The molecular weight excluding hydrogens is 450 g/mol.